The highest BCUT2D eigenvalue weighted by atomic mass is 16.1. The van der Waals surface area contributed by atoms with E-state index in [1.54, 1.807) is 0 Å². The molecule has 1 saturated heterocycles. The van der Waals surface area contributed by atoms with E-state index in [-0.39, 0.29) is 5.91 Å². The fourth-order valence-corrected chi connectivity index (χ4v) is 3.74. The van der Waals surface area contributed by atoms with Crippen molar-refractivity contribution in [3.8, 4) is 0 Å². The highest BCUT2D eigenvalue weighted by Gasteiger charge is 2.22. The molecule has 0 atom stereocenters. The van der Waals surface area contributed by atoms with Crippen molar-refractivity contribution in [3.05, 3.63) is 24.5 Å². The zero-order chi connectivity index (χ0) is 15.2. The number of rotatable bonds is 5. The molecule has 1 aromatic heterocycles. The lowest BCUT2D eigenvalue weighted by molar-refractivity contribution is -0.122. The molecule has 1 aliphatic heterocycles. The third-order valence-corrected chi connectivity index (χ3v) is 5.16. The van der Waals surface area contributed by atoms with Crippen LogP contribution >= 0.6 is 0 Å². The minimum absolute atomic E-state index is 0.265. The van der Waals surface area contributed by atoms with Crippen molar-refractivity contribution in [1.82, 2.24) is 10.3 Å². The molecule has 1 amide bonds. The van der Waals surface area contributed by atoms with Crippen LogP contribution in [0.2, 0.25) is 0 Å². The zero-order valence-corrected chi connectivity index (χ0v) is 13.3. The molecular weight excluding hydrogens is 274 g/mol. The number of hydrogen-bond donors (Lipinski definition) is 1. The summed E-state index contributed by atoms with van der Waals surface area (Å²) in [5, 5.41) is 3.16. The van der Waals surface area contributed by atoms with Crippen LogP contribution < -0.4 is 10.2 Å². The lowest BCUT2D eigenvalue weighted by Crippen LogP contribution is -2.39. The van der Waals surface area contributed by atoms with Gasteiger partial charge in [-0.1, -0.05) is 12.8 Å². The van der Waals surface area contributed by atoms with Gasteiger partial charge in [-0.25, -0.2) is 0 Å². The van der Waals surface area contributed by atoms with Crippen LogP contribution in [0.3, 0.4) is 0 Å². The first-order valence-electron chi connectivity index (χ1n) is 8.73. The molecule has 0 aromatic carbocycles. The van der Waals surface area contributed by atoms with Crippen LogP contribution in [0.15, 0.2) is 24.5 Å². The first-order chi connectivity index (χ1) is 10.8. The lowest BCUT2D eigenvalue weighted by atomic mass is 9.96. The minimum Gasteiger partial charge on any atom is -0.370 e. The van der Waals surface area contributed by atoms with Gasteiger partial charge in [-0.05, 0) is 49.7 Å². The van der Waals surface area contributed by atoms with Gasteiger partial charge in [0, 0.05) is 32.3 Å². The molecular formula is C18H27N3O. The Balaban J connectivity index is 1.36. The number of hydrogen-bond acceptors (Lipinski definition) is 3. The quantitative estimate of drug-likeness (QED) is 0.909. The Morgan fingerprint density at radius 3 is 2.64 bits per heavy atom. The van der Waals surface area contributed by atoms with Gasteiger partial charge in [0.15, 0.2) is 0 Å². The maximum Gasteiger partial charge on any atom is 0.220 e. The summed E-state index contributed by atoms with van der Waals surface area (Å²) in [4.78, 5) is 18.6. The molecule has 1 aromatic rings. The van der Waals surface area contributed by atoms with Crippen molar-refractivity contribution in [2.45, 2.75) is 44.9 Å². The van der Waals surface area contributed by atoms with E-state index < -0.39 is 0 Å². The smallest absolute Gasteiger partial charge is 0.220 e. The summed E-state index contributed by atoms with van der Waals surface area (Å²) in [6, 6.07) is 4.11. The number of piperidine rings is 1. The molecule has 2 aliphatic rings. The normalized spacial score (nSPS) is 20.3. The summed E-state index contributed by atoms with van der Waals surface area (Å²) in [5.74, 6) is 1.54. The zero-order valence-electron chi connectivity index (χ0n) is 13.3. The van der Waals surface area contributed by atoms with Crippen molar-refractivity contribution in [2.24, 2.45) is 11.8 Å². The Bertz CT molecular complexity index is 462. The molecule has 4 nitrogen and oxygen atoms in total. The molecule has 22 heavy (non-hydrogen) atoms. The van der Waals surface area contributed by atoms with Gasteiger partial charge in [-0.2, -0.15) is 0 Å². The number of anilines is 1. The van der Waals surface area contributed by atoms with E-state index in [1.165, 1.54) is 31.4 Å². The fraction of sp³-hybridized carbons (Fsp3) is 0.667. The molecule has 3 rings (SSSR count). The van der Waals surface area contributed by atoms with Gasteiger partial charge < -0.3 is 10.2 Å². The monoisotopic (exact) mass is 301 g/mol. The highest BCUT2D eigenvalue weighted by molar-refractivity contribution is 5.76. The second-order valence-corrected chi connectivity index (χ2v) is 6.80. The molecule has 120 valence electrons. The second-order valence-electron chi connectivity index (χ2n) is 6.80. The first kappa shape index (κ1) is 15.3. The van der Waals surface area contributed by atoms with E-state index in [1.807, 2.05) is 18.5 Å². The number of nitrogens with zero attached hydrogens (tertiary/aromatic N) is 2. The number of aromatic nitrogens is 1. The SMILES string of the molecule is O=C(CC1CCCC1)NCC1CCN(c2cccnc2)CC1. The largest absolute Gasteiger partial charge is 0.370 e. The van der Waals surface area contributed by atoms with Crippen LogP contribution in [-0.4, -0.2) is 30.5 Å². The minimum atomic E-state index is 0.265. The summed E-state index contributed by atoms with van der Waals surface area (Å²) in [5.41, 5.74) is 1.21. The molecule has 0 radical (unpaired) electrons. The number of pyridine rings is 1. The molecule has 2 heterocycles. The van der Waals surface area contributed by atoms with Gasteiger partial charge in [0.2, 0.25) is 5.91 Å². The molecule has 1 aliphatic carbocycles. The van der Waals surface area contributed by atoms with Gasteiger partial charge in [0.25, 0.3) is 0 Å². The maximum atomic E-state index is 12.0. The summed E-state index contributed by atoms with van der Waals surface area (Å²) in [6.07, 6.45) is 11.9. The van der Waals surface area contributed by atoms with Crippen molar-refractivity contribution in [1.29, 1.82) is 0 Å². The predicted octanol–water partition coefficient (Wildman–Crippen LogP) is 2.99. The molecule has 2 fully saturated rings. The van der Waals surface area contributed by atoms with Crippen molar-refractivity contribution >= 4 is 11.6 Å². The van der Waals surface area contributed by atoms with Gasteiger partial charge in [0.05, 0.1) is 11.9 Å². The van der Waals surface area contributed by atoms with Gasteiger partial charge in [0.1, 0.15) is 0 Å². The van der Waals surface area contributed by atoms with Crippen molar-refractivity contribution < 1.29 is 4.79 Å². The third-order valence-electron chi connectivity index (χ3n) is 5.16. The van der Waals surface area contributed by atoms with E-state index >= 15 is 0 Å². The topological polar surface area (TPSA) is 45.2 Å². The Labute approximate surface area is 133 Å². The van der Waals surface area contributed by atoms with E-state index in [2.05, 4.69) is 21.3 Å². The Morgan fingerprint density at radius 2 is 1.95 bits per heavy atom. The average molecular weight is 301 g/mol. The third kappa shape index (κ3) is 4.21. The van der Waals surface area contributed by atoms with Crippen molar-refractivity contribution in [3.63, 3.8) is 0 Å². The van der Waals surface area contributed by atoms with Crippen LogP contribution in [0.4, 0.5) is 5.69 Å². The number of carbonyl (C=O) groups excluding carboxylic acids is 1. The lowest BCUT2D eigenvalue weighted by Gasteiger charge is -2.33. The predicted molar refractivity (Wildman–Crippen MR) is 88.8 cm³/mol. The number of amides is 1. The van der Waals surface area contributed by atoms with Crippen LogP contribution in [-0.2, 0) is 4.79 Å². The van der Waals surface area contributed by atoms with Gasteiger partial charge in [-0.3, -0.25) is 9.78 Å². The van der Waals surface area contributed by atoms with Crippen molar-refractivity contribution in [2.75, 3.05) is 24.5 Å². The second kappa shape index (κ2) is 7.61. The molecule has 1 N–H and O–H groups in total. The van der Waals surface area contributed by atoms with E-state index in [9.17, 15) is 4.79 Å². The number of nitrogens with one attached hydrogen (secondary N) is 1. The van der Waals surface area contributed by atoms with Gasteiger partial charge in [-0.15, -0.1) is 0 Å². The fourth-order valence-electron chi connectivity index (χ4n) is 3.74. The standard InChI is InChI=1S/C18H27N3O/c22-18(12-15-4-1-2-5-15)20-13-16-7-10-21(11-8-16)17-6-3-9-19-14-17/h3,6,9,14-16H,1-2,4-5,7-8,10-13H2,(H,20,22). The molecule has 0 spiro atoms. The Kier molecular flexibility index (Phi) is 5.30. The average Bonchev–Trinajstić information content (AvgIpc) is 3.07. The van der Waals surface area contributed by atoms with E-state index in [0.29, 0.717) is 11.8 Å². The molecule has 1 saturated carbocycles. The van der Waals surface area contributed by atoms with Crippen LogP contribution in [0.25, 0.3) is 0 Å². The Morgan fingerprint density at radius 1 is 1.18 bits per heavy atom. The highest BCUT2D eigenvalue weighted by Crippen LogP contribution is 2.27. The summed E-state index contributed by atoms with van der Waals surface area (Å²) < 4.78 is 0. The van der Waals surface area contributed by atoms with Crippen LogP contribution in [0.5, 0.6) is 0 Å². The Hall–Kier alpha value is -1.58. The first-order valence-corrected chi connectivity index (χ1v) is 8.73. The van der Waals surface area contributed by atoms with Crippen LogP contribution in [0.1, 0.15) is 44.9 Å². The van der Waals surface area contributed by atoms with E-state index in [4.69, 9.17) is 0 Å². The maximum absolute atomic E-state index is 12.0. The molecule has 0 unspecified atom stereocenters. The van der Waals surface area contributed by atoms with Gasteiger partial charge >= 0.3 is 0 Å². The summed E-state index contributed by atoms with van der Waals surface area (Å²) in [6.45, 7) is 2.98. The van der Waals surface area contributed by atoms with E-state index in [0.717, 1.165) is 38.9 Å². The molecule has 4 heteroatoms. The number of carbonyl (C=O) groups is 1. The molecule has 0 bridgehead atoms. The summed E-state index contributed by atoms with van der Waals surface area (Å²) >= 11 is 0. The van der Waals surface area contributed by atoms with Crippen LogP contribution in [0, 0.1) is 11.8 Å². The summed E-state index contributed by atoms with van der Waals surface area (Å²) in [7, 11) is 0.